The maximum absolute atomic E-state index is 12.8. The Kier molecular flexibility index (Phi) is 4.51. The van der Waals surface area contributed by atoms with Gasteiger partial charge in [-0.25, -0.2) is 18.7 Å². The van der Waals surface area contributed by atoms with Crippen LogP contribution in [0.2, 0.25) is 0 Å². The van der Waals surface area contributed by atoms with Crippen LogP contribution >= 0.6 is 0 Å². The molecule has 1 aromatic carbocycles. The summed E-state index contributed by atoms with van der Waals surface area (Å²) in [6.45, 7) is 3.99. The van der Waals surface area contributed by atoms with E-state index in [1.54, 1.807) is 0 Å². The number of benzene rings is 1. The Bertz CT molecular complexity index is 398. The molecule has 0 aromatic heterocycles. The first-order valence-electron chi connectivity index (χ1n) is 4.98. The fraction of sp³-hybridized carbons (Fsp3) is 0.364. The van der Waals surface area contributed by atoms with Crippen molar-refractivity contribution in [3.8, 4) is 0 Å². The Morgan fingerprint density at radius 2 is 1.82 bits per heavy atom. The van der Waals surface area contributed by atoms with E-state index in [1.807, 2.05) is 19.3 Å². The summed E-state index contributed by atoms with van der Waals surface area (Å²) in [7, 11) is 0. The van der Waals surface area contributed by atoms with E-state index in [0.29, 0.717) is 12.1 Å². The molecule has 0 saturated heterocycles. The van der Waals surface area contributed by atoms with Gasteiger partial charge in [0.15, 0.2) is 17.5 Å². The van der Waals surface area contributed by atoms with Gasteiger partial charge in [0.25, 0.3) is 5.91 Å². The minimum absolute atomic E-state index is 0.192. The number of carbonyl (C=O) groups is 1. The first-order valence-corrected chi connectivity index (χ1v) is 4.98. The van der Waals surface area contributed by atoms with Gasteiger partial charge in [-0.3, -0.25) is 9.63 Å². The van der Waals surface area contributed by atoms with E-state index in [0.717, 1.165) is 0 Å². The molecule has 0 fully saturated rings. The Labute approximate surface area is 96.5 Å². The van der Waals surface area contributed by atoms with Crippen LogP contribution in [0.15, 0.2) is 12.1 Å². The molecule has 0 aliphatic carbocycles. The van der Waals surface area contributed by atoms with E-state index >= 15 is 0 Å². The largest absolute Gasteiger partial charge is 0.275 e. The molecule has 0 radical (unpaired) electrons. The lowest BCUT2D eigenvalue weighted by Crippen LogP contribution is -2.26. The second kappa shape index (κ2) is 5.67. The molecule has 0 aliphatic rings. The van der Waals surface area contributed by atoms with Crippen molar-refractivity contribution in [2.45, 2.75) is 13.8 Å². The van der Waals surface area contributed by atoms with Crippen molar-refractivity contribution in [2.75, 3.05) is 6.61 Å². The molecule has 0 aliphatic heterocycles. The number of halogens is 3. The number of rotatable bonds is 4. The van der Waals surface area contributed by atoms with Crippen molar-refractivity contribution in [3.05, 3.63) is 35.1 Å². The first kappa shape index (κ1) is 13.5. The molecule has 3 nitrogen and oxygen atoms in total. The zero-order valence-corrected chi connectivity index (χ0v) is 9.39. The van der Waals surface area contributed by atoms with Gasteiger partial charge in [0, 0.05) is 5.56 Å². The van der Waals surface area contributed by atoms with Crippen LogP contribution in [0.4, 0.5) is 13.2 Å². The molecule has 0 saturated carbocycles. The van der Waals surface area contributed by atoms with Gasteiger partial charge in [0.05, 0.1) is 6.61 Å². The van der Waals surface area contributed by atoms with Crippen LogP contribution in [0.1, 0.15) is 24.2 Å². The maximum Gasteiger partial charge on any atom is 0.275 e. The van der Waals surface area contributed by atoms with Crippen molar-refractivity contribution in [1.29, 1.82) is 0 Å². The second-order valence-corrected chi connectivity index (χ2v) is 3.89. The van der Waals surface area contributed by atoms with E-state index in [9.17, 15) is 18.0 Å². The van der Waals surface area contributed by atoms with Crippen molar-refractivity contribution in [3.63, 3.8) is 0 Å². The highest BCUT2D eigenvalue weighted by molar-refractivity contribution is 5.93. The highest BCUT2D eigenvalue weighted by atomic mass is 19.2. The van der Waals surface area contributed by atoms with Gasteiger partial charge in [-0.05, 0) is 18.1 Å². The lowest BCUT2D eigenvalue weighted by molar-refractivity contribution is 0.0208. The van der Waals surface area contributed by atoms with Gasteiger partial charge in [-0.1, -0.05) is 13.8 Å². The Morgan fingerprint density at radius 1 is 1.29 bits per heavy atom. The molecule has 0 atom stereocenters. The van der Waals surface area contributed by atoms with Crippen LogP contribution in [0.3, 0.4) is 0 Å². The molecule has 17 heavy (non-hydrogen) atoms. The first-order chi connectivity index (χ1) is 7.91. The standard InChI is InChI=1S/C11H12F3NO2/c1-6(2)5-17-15-11(16)7-3-8(12)10(14)9(13)4-7/h3-4,6H,5H2,1-2H3,(H,15,16). The number of hydrogen-bond donors (Lipinski definition) is 1. The molecule has 94 valence electrons. The van der Waals surface area contributed by atoms with Crippen LogP contribution in [-0.2, 0) is 4.84 Å². The van der Waals surface area contributed by atoms with E-state index in [-0.39, 0.29) is 18.1 Å². The summed E-state index contributed by atoms with van der Waals surface area (Å²) < 4.78 is 38.2. The van der Waals surface area contributed by atoms with Gasteiger partial charge in [-0.2, -0.15) is 0 Å². The normalized spacial score (nSPS) is 10.7. The Balaban J connectivity index is 2.70. The number of amides is 1. The smallest absolute Gasteiger partial charge is 0.273 e. The number of nitrogens with one attached hydrogen (secondary N) is 1. The van der Waals surface area contributed by atoms with Gasteiger partial charge in [-0.15, -0.1) is 0 Å². The van der Waals surface area contributed by atoms with Gasteiger partial charge < -0.3 is 0 Å². The summed E-state index contributed by atoms with van der Waals surface area (Å²) in [6.07, 6.45) is 0. The molecule has 6 heteroatoms. The summed E-state index contributed by atoms with van der Waals surface area (Å²) in [5.41, 5.74) is 1.67. The van der Waals surface area contributed by atoms with Crippen LogP contribution < -0.4 is 5.48 Å². The lowest BCUT2D eigenvalue weighted by Gasteiger charge is -2.08. The third kappa shape index (κ3) is 3.74. The van der Waals surface area contributed by atoms with Crippen LogP contribution in [0.5, 0.6) is 0 Å². The predicted octanol–water partition coefficient (Wildman–Crippen LogP) is 2.42. The second-order valence-electron chi connectivity index (χ2n) is 3.89. The number of hydroxylamine groups is 1. The van der Waals surface area contributed by atoms with Gasteiger partial charge >= 0.3 is 0 Å². The maximum atomic E-state index is 12.8. The van der Waals surface area contributed by atoms with Gasteiger partial charge in [0.1, 0.15) is 0 Å². The molecule has 0 unspecified atom stereocenters. The molecule has 0 spiro atoms. The van der Waals surface area contributed by atoms with Crippen molar-refractivity contribution in [2.24, 2.45) is 5.92 Å². The summed E-state index contributed by atoms with van der Waals surface area (Å²) in [4.78, 5) is 16.1. The topological polar surface area (TPSA) is 38.3 Å². The highest BCUT2D eigenvalue weighted by Gasteiger charge is 2.15. The molecule has 0 heterocycles. The van der Waals surface area contributed by atoms with E-state index < -0.39 is 23.4 Å². The zero-order valence-electron chi connectivity index (χ0n) is 9.39. The molecule has 1 rings (SSSR count). The quantitative estimate of drug-likeness (QED) is 0.655. The fourth-order valence-electron chi connectivity index (χ4n) is 1.02. The third-order valence-electron chi connectivity index (χ3n) is 1.83. The Morgan fingerprint density at radius 3 is 2.29 bits per heavy atom. The SMILES string of the molecule is CC(C)CONC(=O)c1cc(F)c(F)c(F)c1. The van der Waals surface area contributed by atoms with E-state index in [2.05, 4.69) is 0 Å². The average Bonchev–Trinajstić information content (AvgIpc) is 2.24. The predicted molar refractivity (Wildman–Crippen MR) is 54.6 cm³/mol. The Hall–Kier alpha value is -1.56. The highest BCUT2D eigenvalue weighted by Crippen LogP contribution is 2.13. The molecule has 1 N–H and O–H groups in total. The third-order valence-corrected chi connectivity index (χ3v) is 1.83. The van der Waals surface area contributed by atoms with Crippen molar-refractivity contribution >= 4 is 5.91 Å². The van der Waals surface area contributed by atoms with Crippen LogP contribution in [-0.4, -0.2) is 12.5 Å². The van der Waals surface area contributed by atoms with E-state index in [4.69, 9.17) is 4.84 Å². The lowest BCUT2D eigenvalue weighted by atomic mass is 10.2. The summed E-state index contributed by atoms with van der Waals surface area (Å²) in [6, 6.07) is 1.21. The summed E-state index contributed by atoms with van der Waals surface area (Å²) in [5, 5.41) is 0. The minimum Gasteiger partial charge on any atom is -0.273 e. The molecular weight excluding hydrogens is 235 g/mol. The van der Waals surface area contributed by atoms with Crippen molar-refractivity contribution < 1.29 is 22.8 Å². The minimum atomic E-state index is -1.61. The zero-order chi connectivity index (χ0) is 13.0. The van der Waals surface area contributed by atoms with Gasteiger partial charge in [0.2, 0.25) is 0 Å². The fourth-order valence-corrected chi connectivity index (χ4v) is 1.02. The van der Waals surface area contributed by atoms with E-state index in [1.165, 1.54) is 0 Å². The number of carbonyl (C=O) groups excluding carboxylic acids is 1. The molecule has 0 bridgehead atoms. The van der Waals surface area contributed by atoms with Crippen LogP contribution in [0, 0.1) is 23.4 Å². The summed E-state index contributed by atoms with van der Waals surface area (Å²) >= 11 is 0. The average molecular weight is 247 g/mol. The summed E-state index contributed by atoms with van der Waals surface area (Å²) in [5.74, 6) is -5.08. The monoisotopic (exact) mass is 247 g/mol. The molecule has 1 aromatic rings. The van der Waals surface area contributed by atoms with Crippen LogP contribution in [0.25, 0.3) is 0 Å². The molecule has 1 amide bonds. The molecular formula is C11H12F3NO2. The van der Waals surface area contributed by atoms with Crippen molar-refractivity contribution in [1.82, 2.24) is 5.48 Å². The number of hydrogen-bond acceptors (Lipinski definition) is 2.